The number of likely N-dealkylation sites (tertiary alicyclic amines) is 2. The van der Waals surface area contributed by atoms with Gasteiger partial charge in [0.25, 0.3) is 0 Å². The molecule has 1 aliphatic carbocycles. The molecule has 2 saturated heterocycles. The van der Waals surface area contributed by atoms with Crippen molar-refractivity contribution in [2.45, 2.75) is 103 Å². The number of aliphatic hydroxyl groups excluding tert-OH is 1. The number of Topliss-reactive ketones (excluding diaryl/α,β-unsaturated/α-hetero) is 2. The van der Waals surface area contributed by atoms with Crippen LogP contribution in [0.15, 0.2) is 35.3 Å². The molecular weight excluding hydrogens is 572 g/mol. The van der Waals surface area contributed by atoms with Gasteiger partial charge in [0, 0.05) is 50.2 Å². The van der Waals surface area contributed by atoms with E-state index in [-0.39, 0.29) is 29.0 Å². The van der Waals surface area contributed by atoms with E-state index < -0.39 is 0 Å². The highest BCUT2D eigenvalue weighted by Crippen LogP contribution is 2.39. The van der Waals surface area contributed by atoms with Crippen molar-refractivity contribution in [3.8, 4) is 0 Å². The Balaban J connectivity index is 1.17. The fraction of sp³-hybridized carbons (Fsp3) is 0.641. The second kappa shape index (κ2) is 14.2. The summed E-state index contributed by atoms with van der Waals surface area (Å²) in [5, 5.41) is 10.0. The lowest BCUT2D eigenvalue weighted by Gasteiger charge is -2.34. The Kier molecular flexibility index (Phi) is 10.2. The molecule has 1 aromatic heterocycles. The molecule has 7 heteroatoms. The summed E-state index contributed by atoms with van der Waals surface area (Å²) in [6, 6.07) is 10.3. The predicted octanol–water partition coefficient (Wildman–Crippen LogP) is 6.37. The summed E-state index contributed by atoms with van der Waals surface area (Å²) in [4.78, 5) is 42.0. The second-order valence-electron chi connectivity index (χ2n) is 15.8. The number of benzene rings is 1. The zero-order valence-electron chi connectivity index (χ0n) is 28.6. The maximum absolute atomic E-state index is 13.9. The van der Waals surface area contributed by atoms with Gasteiger partial charge in [0.05, 0.1) is 23.2 Å². The lowest BCUT2D eigenvalue weighted by atomic mass is 9.71. The standard InChI is InChI=1S/C39H54N4O3/c1-39(2,3)31-10-11-33-30(21-31)22-34-35(40-33)24-36(41-34)38(46)23-28(12-16-43-17-13-32(44)14-18-43)27-8-5-9-29(20-27)37(45)19-26-7-6-15-42(4)25-26/h5,8-9,20,22,26,28,31-32,44H,6-7,10-19,21,23-25H2,1-4H3/t26?,28-,31-/m0/s1. The number of hydrogen-bond acceptors (Lipinski definition) is 7. The first-order valence-corrected chi connectivity index (χ1v) is 17.9. The van der Waals surface area contributed by atoms with Gasteiger partial charge in [-0.2, -0.15) is 0 Å². The monoisotopic (exact) mass is 626 g/mol. The summed E-state index contributed by atoms with van der Waals surface area (Å²) >= 11 is 0. The van der Waals surface area contributed by atoms with Crippen LogP contribution in [0.25, 0.3) is 0 Å². The third kappa shape index (κ3) is 8.03. The first kappa shape index (κ1) is 33.2. The molecule has 0 spiro atoms. The third-order valence-electron chi connectivity index (χ3n) is 11.2. The number of aliphatic imine (C=N–C) groups is 1. The Morgan fingerprint density at radius 1 is 1.02 bits per heavy atom. The van der Waals surface area contributed by atoms with E-state index in [0.717, 1.165) is 107 Å². The molecule has 248 valence electrons. The average Bonchev–Trinajstić information content (AvgIpc) is 3.45. The number of aliphatic hydroxyl groups is 1. The number of carbonyl (C=O) groups is 2. The van der Waals surface area contributed by atoms with E-state index in [9.17, 15) is 14.7 Å². The van der Waals surface area contributed by atoms with Crippen LogP contribution in [-0.2, 0) is 24.1 Å². The first-order chi connectivity index (χ1) is 22.0. The minimum absolute atomic E-state index is 0.00645. The summed E-state index contributed by atoms with van der Waals surface area (Å²) in [5.74, 6) is 1.32. The van der Waals surface area contributed by atoms with Crippen molar-refractivity contribution >= 4 is 23.0 Å². The molecule has 0 radical (unpaired) electrons. The zero-order valence-corrected chi connectivity index (χ0v) is 28.6. The van der Waals surface area contributed by atoms with Gasteiger partial charge < -0.3 is 14.9 Å². The van der Waals surface area contributed by atoms with Crippen LogP contribution in [0.2, 0.25) is 0 Å². The molecule has 1 unspecified atom stereocenters. The van der Waals surface area contributed by atoms with Gasteiger partial charge in [-0.1, -0.05) is 39.0 Å². The van der Waals surface area contributed by atoms with Gasteiger partial charge in [-0.25, -0.2) is 4.99 Å². The van der Waals surface area contributed by atoms with Crippen molar-refractivity contribution in [3.63, 3.8) is 0 Å². The van der Waals surface area contributed by atoms with E-state index in [4.69, 9.17) is 9.98 Å². The highest BCUT2D eigenvalue weighted by molar-refractivity contribution is 6.41. The number of nitrogens with zero attached hydrogens (tertiary/aromatic N) is 4. The summed E-state index contributed by atoms with van der Waals surface area (Å²) in [5.41, 5.74) is 7.02. The van der Waals surface area contributed by atoms with Gasteiger partial charge in [-0.15, -0.1) is 0 Å². The molecule has 3 atom stereocenters. The van der Waals surface area contributed by atoms with Crippen molar-refractivity contribution in [1.82, 2.24) is 14.8 Å². The fourth-order valence-corrected chi connectivity index (χ4v) is 8.16. The molecule has 46 heavy (non-hydrogen) atoms. The first-order valence-electron chi connectivity index (χ1n) is 17.9. The molecule has 1 aromatic carbocycles. The largest absolute Gasteiger partial charge is 0.393 e. The Morgan fingerprint density at radius 2 is 1.83 bits per heavy atom. The van der Waals surface area contributed by atoms with Crippen molar-refractivity contribution in [3.05, 3.63) is 58.4 Å². The maximum atomic E-state index is 13.9. The Bertz CT molecular complexity index is 1450. The summed E-state index contributed by atoms with van der Waals surface area (Å²) in [6.07, 6.45) is 9.12. The predicted molar refractivity (Wildman–Crippen MR) is 184 cm³/mol. The van der Waals surface area contributed by atoms with Crippen molar-refractivity contribution < 1.29 is 14.7 Å². The molecular formula is C39H54N4O3. The van der Waals surface area contributed by atoms with E-state index in [1.165, 1.54) is 11.3 Å². The number of fused-ring (bicyclic) bond motifs is 2. The molecule has 0 saturated carbocycles. The van der Waals surface area contributed by atoms with E-state index in [0.29, 0.717) is 36.8 Å². The number of ketones is 2. The Morgan fingerprint density at radius 3 is 2.59 bits per heavy atom. The van der Waals surface area contributed by atoms with Gasteiger partial charge in [0.15, 0.2) is 11.6 Å². The number of rotatable bonds is 10. The Labute approximate surface area is 275 Å². The molecule has 7 nitrogen and oxygen atoms in total. The van der Waals surface area contributed by atoms with Crippen LogP contribution in [0.5, 0.6) is 0 Å². The molecule has 2 aromatic rings. The van der Waals surface area contributed by atoms with Gasteiger partial charge in [0.2, 0.25) is 0 Å². The topological polar surface area (TPSA) is 86.1 Å². The molecule has 0 amide bonds. The summed E-state index contributed by atoms with van der Waals surface area (Å²) in [6.45, 7) is 11.7. The smallest absolute Gasteiger partial charge is 0.178 e. The number of piperidine rings is 2. The summed E-state index contributed by atoms with van der Waals surface area (Å²) < 4.78 is 0. The fourth-order valence-electron chi connectivity index (χ4n) is 8.16. The van der Waals surface area contributed by atoms with Crippen LogP contribution in [0, 0.1) is 17.3 Å². The highest BCUT2D eigenvalue weighted by atomic mass is 16.3. The van der Waals surface area contributed by atoms with Crippen molar-refractivity contribution in [1.29, 1.82) is 0 Å². The SMILES string of the molecule is CN1CCCC(CC(=O)c2cccc([C@@H](CCN3CCC(O)CC3)CC(=O)C3=Nc4cc5c(nc4C3)CC[C@H](C(C)(C)C)C5)c2)C1. The number of hydrogen-bond donors (Lipinski definition) is 1. The molecule has 2 fully saturated rings. The van der Waals surface area contributed by atoms with Crippen LogP contribution in [0.1, 0.15) is 111 Å². The maximum Gasteiger partial charge on any atom is 0.178 e. The van der Waals surface area contributed by atoms with E-state index >= 15 is 0 Å². The van der Waals surface area contributed by atoms with E-state index in [1.807, 2.05) is 12.1 Å². The van der Waals surface area contributed by atoms with Gasteiger partial charge in [-0.3, -0.25) is 14.6 Å². The molecule has 0 bridgehead atoms. The number of carbonyl (C=O) groups excluding carboxylic acids is 2. The van der Waals surface area contributed by atoms with E-state index in [2.05, 4.69) is 55.8 Å². The summed E-state index contributed by atoms with van der Waals surface area (Å²) in [7, 11) is 2.14. The number of aryl methyl sites for hydroxylation is 1. The zero-order chi connectivity index (χ0) is 32.4. The normalized spacial score (nSPS) is 23.5. The quantitative estimate of drug-likeness (QED) is 0.309. The average molecular weight is 627 g/mol. The second-order valence-corrected chi connectivity index (χ2v) is 15.8. The number of pyridine rings is 1. The minimum Gasteiger partial charge on any atom is -0.393 e. The van der Waals surface area contributed by atoms with Crippen molar-refractivity contribution in [2.24, 2.45) is 22.2 Å². The van der Waals surface area contributed by atoms with Crippen LogP contribution >= 0.6 is 0 Å². The Hall–Kier alpha value is -2.74. The van der Waals surface area contributed by atoms with Gasteiger partial charge in [0.1, 0.15) is 0 Å². The highest BCUT2D eigenvalue weighted by Gasteiger charge is 2.32. The molecule has 1 N–H and O–H groups in total. The van der Waals surface area contributed by atoms with Gasteiger partial charge >= 0.3 is 0 Å². The lowest BCUT2D eigenvalue weighted by molar-refractivity contribution is -0.113. The molecule has 6 rings (SSSR count). The van der Waals surface area contributed by atoms with Crippen molar-refractivity contribution in [2.75, 3.05) is 39.8 Å². The lowest BCUT2D eigenvalue weighted by Crippen LogP contribution is -2.37. The minimum atomic E-state index is -0.207. The van der Waals surface area contributed by atoms with E-state index in [1.54, 1.807) is 0 Å². The van der Waals surface area contributed by atoms with Crippen LogP contribution in [-0.4, -0.2) is 83.0 Å². The van der Waals surface area contributed by atoms with Gasteiger partial charge in [-0.05, 0) is 118 Å². The molecule has 3 aliphatic heterocycles. The molecule has 4 heterocycles. The van der Waals surface area contributed by atoms with Crippen LogP contribution in [0.3, 0.4) is 0 Å². The third-order valence-corrected chi connectivity index (χ3v) is 11.2. The molecule has 4 aliphatic rings. The van der Waals surface area contributed by atoms with Crippen LogP contribution < -0.4 is 0 Å². The number of aromatic nitrogens is 1. The van der Waals surface area contributed by atoms with Crippen LogP contribution in [0.4, 0.5) is 5.69 Å².